The molecule has 2 N–H and O–H groups in total. The van der Waals surface area contributed by atoms with Crippen LogP contribution in [-0.4, -0.2) is 112 Å². The van der Waals surface area contributed by atoms with Crippen LogP contribution in [0.1, 0.15) is 58.0 Å². The summed E-state index contributed by atoms with van der Waals surface area (Å²) in [7, 11) is 2.15. The highest BCUT2D eigenvalue weighted by Gasteiger charge is 2.34. The van der Waals surface area contributed by atoms with Gasteiger partial charge in [0.05, 0.1) is 5.92 Å². The van der Waals surface area contributed by atoms with Gasteiger partial charge in [0.2, 0.25) is 5.91 Å². The zero-order chi connectivity index (χ0) is 29.9. The number of hydrogen-bond acceptors (Lipinski definition) is 9. The molecule has 12 nitrogen and oxygen atoms in total. The molecule has 3 aliphatic rings. The number of ether oxygens (including phenoxy) is 1. The van der Waals surface area contributed by atoms with E-state index in [4.69, 9.17) is 14.7 Å². The number of aryl methyl sites for hydroxylation is 1. The molecule has 5 rings (SSSR count). The molecule has 0 saturated carbocycles. The molecule has 2 aromatic rings. The van der Waals surface area contributed by atoms with Crippen molar-refractivity contribution in [2.75, 3.05) is 69.6 Å². The van der Waals surface area contributed by atoms with Gasteiger partial charge in [-0.25, -0.2) is 14.8 Å². The summed E-state index contributed by atoms with van der Waals surface area (Å²) in [6, 6.07) is 3.98. The molecular formula is C30H47N9O3. The molecule has 0 spiro atoms. The van der Waals surface area contributed by atoms with Crippen LogP contribution in [0.3, 0.4) is 0 Å². The molecule has 0 unspecified atom stereocenters. The lowest BCUT2D eigenvalue weighted by Crippen LogP contribution is -2.49. The van der Waals surface area contributed by atoms with Crippen LogP contribution in [0.4, 0.5) is 22.2 Å². The van der Waals surface area contributed by atoms with Crippen molar-refractivity contribution in [3.8, 4) is 0 Å². The van der Waals surface area contributed by atoms with Crippen molar-refractivity contribution < 1.29 is 14.3 Å². The third-order valence-electron chi connectivity index (χ3n) is 8.37. The van der Waals surface area contributed by atoms with Crippen molar-refractivity contribution >= 4 is 29.5 Å². The van der Waals surface area contributed by atoms with Crippen LogP contribution < -0.4 is 10.2 Å². The highest BCUT2D eigenvalue weighted by molar-refractivity contribution is 5.80. The summed E-state index contributed by atoms with van der Waals surface area (Å²) in [4.78, 5) is 44.3. The normalized spacial score (nSPS) is 21.0. The van der Waals surface area contributed by atoms with E-state index in [-0.39, 0.29) is 17.9 Å². The maximum absolute atomic E-state index is 13.4. The standard InChI is InChI=1S/C30H47N9O3/c1-21-17-26(35-34-21)32-25-19-27(37-15-13-36(5)14-16-37)33-24(31-25)18-22-8-11-38(12-9-22)28(40)23-7-6-10-39(20-23)29(41)42-30(2,3)4/h17,19,22-23H,6-16,18,20H2,1-5H3,(H2,31,32,33,34,35)/t23-/m0/s1. The Labute approximate surface area is 249 Å². The molecule has 3 saturated heterocycles. The number of amides is 2. The average molecular weight is 582 g/mol. The van der Waals surface area contributed by atoms with Crippen molar-refractivity contribution in [1.29, 1.82) is 0 Å². The summed E-state index contributed by atoms with van der Waals surface area (Å²) in [6.07, 6.45) is 3.91. The van der Waals surface area contributed by atoms with Gasteiger partial charge in [-0.15, -0.1) is 0 Å². The fourth-order valence-electron chi connectivity index (χ4n) is 5.99. The molecule has 2 amide bonds. The lowest BCUT2D eigenvalue weighted by atomic mass is 9.91. The van der Waals surface area contributed by atoms with Gasteiger partial charge in [-0.05, 0) is 66.3 Å². The second-order valence-electron chi connectivity index (χ2n) is 13.1. The quantitative estimate of drug-likeness (QED) is 0.528. The number of likely N-dealkylation sites (N-methyl/N-ethyl adjacent to an activating group) is 1. The molecule has 3 aliphatic heterocycles. The van der Waals surface area contributed by atoms with Crippen LogP contribution in [-0.2, 0) is 16.0 Å². The first-order chi connectivity index (χ1) is 20.0. The molecular weight excluding hydrogens is 534 g/mol. The largest absolute Gasteiger partial charge is 0.444 e. The minimum absolute atomic E-state index is 0.161. The third-order valence-corrected chi connectivity index (χ3v) is 8.37. The van der Waals surface area contributed by atoms with E-state index in [9.17, 15) is 9.59 Å². The van der Waals surface area contributed by atoms with Crippen LogP contribution in [0.15, 0.2) is 12.1 Å². The van der Waals surface area contributed by atoms with Crippen LogP contribution in [0.25, 0.3) is 0 Å². The van der Waals surface area contributed by atoms with Gasteiger partial charge < -0.3 is 29.7 Å². The molecule has 12 heteroatoms. The Morgan fingerprint density at radius 3 is 2.38 bits per heavy atom. The maximum atomic E-state index is 13.4. The zero-order valence-electron chi connectivity index (χ0n) is 25.9. The number of rotatable bonds is 6. The van der Waals surface area contributed by atoms with Gasteiger partial charge in [0, 0.05) is 76.6 Å². The van der Waals surface area contributed by atoms with Gasteiger partial charge >= 0.3 is 6.09 Å². The van der Waals surface area contributed by atoms with Crippen molar-refractivity contribution in [2.45, 2.75) is 65.4 Å². The number of piperidine rings is 2. The first-order valence-corrected chi connectivity index (χ1v) is 15.4. The highest BCUT2D eigenvalue weighted by Crippen LogP contribution is 2.27. The van der Waals surface area contributed by atoms with Gasteiger partial charge in [-0.2, -0.15) is 5.10 Å². The number of nitrogens with zero attached hydrogens (tertiary/aromatic N) is 7. The van der Waals surface area contributed by atoms with Crippen molar-refractivity contribution in [2.24, 2.45) is 11.8 Å². The number of carbonyl (C=O) groups excluding carboxylic acids is 2. The third kappa shape index (κ3) is 7.90. The number of aromatic nitrogens is 4. The van der Waals surface area contributed by atoms with E-state index in [1.165, 1.54) is 0 Å². The molecule has 1 atom stereocenters. The van der Waals surface area contributed by atoms with Gasteiger partial charge in [0.1, 0.15) is 23.1 Å². The van der Waals surface area contributed by atoms with E-state index < -0.39 is 5.60 Å². The average Bonchev–Trinajstić information content (AvgIpc) is 3.36. The predicted octanol–water partition coefficient (Wildman–Crippen LogP) is 3.43. The molecule has 0 aliphatic carbocycles. The monoisotopic (exact) mass is 581 g/mol. The topological polar surface area (TPSA) is 123 Å². The second kappa shape index (κ2) is 12.8. The van der Waals surface area contributed by atoms with Crippen LogP contribution in [0.5, 0.6) is 0 Å². The summed E-state index contributed by atoms with van der Waals surface area (Å²) in [6.45, 7) is 14.0. The minimum atomic E-state index is -0.543. The summed E-state index contributed by atoms with van der Waals surface area (Å²) in [5, 5.41) is 10.6. The number of H-pyrrole nitrogens is 1. The van der Waals surface area contributed by atoms with E-state index in [1.54, 1.807) is 4.90 Å². The highest BCUT2D eigenvalue weighted by atomic mass is 16.6. The lowest BCUT2D eigenvalue weighted by Gasteiger charge is -2.38. The SMILES string of the molecule is Cc1cc(Nc2cc(N3CCN(C)CC3)nc(CC3CCN(C(=O)[C@H]4CCCN(C(=O)OC(C)(C)C)C4)CC3)n2)n[nH]1. The van der Waals surface area contributed by atoms with Gasteiger partial charge in [0.15, 0.2) is 5.82 Å². The first-order valence-electron chi connectivity index (χ1n) is 15.4. The number of nitrogens with one attached hydrogen (secondary N) is 2. The Kier molecular flexibility index (Phi) is 9.19. The zero-order valence-corrected chi connectivity index (χ0v) is 25.9. The number of carbonyl (C=O) groups is 2. The Balaban J connectivity index is 1.19. The summed E-state index contributed by atoms with van der Waals surface area (Å²) < 4.78 is 5.55. The smallest absolute Gasteiger partial charge is 0.410 e. The Morgan fingerprint density at radius 2 is 1.71 bits per heavy atom. The molecule has 42 heavy (non-hydrogen) atoms. The van der Waals surface area contributed by atoms with Crippen LogP contribution >= 0.6 is 0 Å². The van der Waals surface area contributed by atoms with Crippen molar-refractivity contribution in [1.82, 2.24) is 34.9 Å². The Hall–Kier alpha value is -3.41. The first kappa shape index (κ1) is 30.1. The molecule has 2 aromatic heterocycles. The van der Waals surface area contributed by atoms with E-state index in [0.717, 1.165) is 100 Å². The number of hydrogen-bond donors (Lipinski definition) is 2. The van der Waals surface area contributed by atoms with E-state index in [0.29, 0.717) is 19.0 Å². The molecule has 0 bridgehead atoms. The molecule has 5 heterocycles. The lowest BCUT2D eigenvalue weighted by molar-refractivity contribution is -0.138. The minimum Gasteiger partial charge on any atom is -0.444 e. The molecule has 0 radical (unpaired) electrons. The van der Waals surface area contributed by atoms with E-state index >= 15 is 0 Å². The molecule has 0 aromatic carbocycles. The number of likely N-dealkylation sites (tertiary alicyclic amines) is 2. The fraction of sp³-hybridized carbons (Fsp3) is 0.700. The van der Waals surface area contributed by atoms with Gasteiger partial charge in [-0.3, -0.25) is 9.89 Å². The van der Waals surface area contributed by atoms with E-state index in [2.05, 4.69) is 32.4 Å². The Bertz CT molecular complexity index is 1230. The number of anilines is 3. The van der Waals surface area contributed by atoms with Gasteiger partial charge in [-0.1, -0.05) is 0 Å². The summed E-state index contributed by atoms with van der Waals surface area (Å²) >= 11 is 0. The van der Waals surface area contributed by atoms with Crippen molar-refractivity contribution in [3.05, 3.63) is 23.7 Å². The van der Waals surface area contributed by atoms with Crippen molar-refractivity contribution in [3.63, 3.8) is 0 Å². The van der Waals surface area contributed by atoms with Crippen LogP contribution in [0.2, 0.25) is 0 Å². The van der Waals surface area contributed by atoms with E-state index in [1.807, 2.05) is 44.7 Å². The van der Waals surface area contributed by atoms with Gasteiger partial charge in [0.25, 0.3) is 0 Å². The number of piperazine rings is 1. The molecule has 3 fully saturated rings. The Morgan fingerprint density at radius 1 is 0.976 bits per heavy atom. The maximum Gasteiger partial charge on any atom is 0.410 e. The predicted molar refractivity (Wildman–Crippen MR) is 162 cm³/mol. The second-order valence-corrected chi connectivity index (χ2v) is 13.1. The van der Waals surface area contributed by atoms with Crippen LogP contribution in [0, 0.1) is 18.8 Å². The summed E-state index contributed by atoms with van der Waals surface area (Å²) in [5.41, 5.74) is 0.441. The fourth-order valence-corrected chi connectivity index (χ4v) is 5.99. The summed E-state index contributed by atoms with van der Waals surface area (Å²) in [5.74, 6) is 3.66. The molecule has 230 valence electrons. The number of aromatic amines is 1.